The zero-order chi connectivity index (χ0) is 20.4. The maximum Gasteiger partial charge on any atom is 0.321 e. The van der Waals surface area contributed by atoms with E-state index in [1.165, 1.54) is 0 Å². The lowest BCUT2D eigenvalue weighted by molar-refractivity contribution is 0.222. The maximum absolute atomic E-state index is 12.3. The van der Waals surface area contributed by atoms with Gasteiger partial charge in [-0.15, -0.1) is 0 Å². The summed E-state index contributed by atoms with van der Waals surface area (Å²) in [4.78, 5) is 25.7. The Morgan fingerprint density at radius 1 is 1.14 bits per heavy atom. The molecule has 1 aromatic carbocycles. The summed E-state index contributed by atoms with van der Waals surface area (Å²) in [6.45, 7) is 5.99. The predicted molar refractivity (Wildman–Crippen MR) is 120 cm³/mol. The molecule has 3 heterocycles. The van der Waals surface area contributed by atoms with Crippen LogP contribution in [-0.4, -0.2) is 53.9 Å². The van der Waals surface area contributed by atoms with Crippen molar-refractivity contribution in [1.82, 2.24) is 14.9 Å². The van der Waals surface area contributed by atoms with E-state index in [0.29, 0.717) is 18.0 Å². The first-order valence-corrected chi connectivity index (χ1v) is 10.2. The molecular weight excluding hydrogens is 363 g/mol. The number of amides is 2. The highest BCUT2D eigenvalue weighted by atomic mass is 16.2. The Balaban J connectivity index is 1.49. The van der Waals surface area contributed by atoms with Crippen LogP contribution in [0.3, 0.4) is 0 Å². The van der Waals surface area contributed by atoms with Crippen LogP contribution in [0.25, 0.3) is 0 Å². The minimum absolute atomic E-state index is 0.0435. The molecule has 2 aliphatic rings. The highest BCUT2D eigenvalue weighted by molar-refractivity contribution is 6.35. The second-order valence-corrected chi connectivity index (χ2v) is 7.80. The van der Waals surface area contributed by atoms with Crippen molar-refractivity contribution < 1.29 is 4.79 Å². The molecule has 4 rings (SSSR count). The van der Waals surface area contributed by atoms with Crippen LogP contribution in [0.15, 0.2) is 42.6 Å². The maximum atomic E-state index is 12.3. The molecule has 150 valence electrons. The predicted octanol–water partition coefficient (Wildman–Crippen LogP) is 2.26. The van der Waals surface area contributed by atoms with Crippen molar-refractivity contribution in [3.63, 3.8) is 0 Å². The molecule has 2 atom stereocenters. The van der Waals surface area contributed by atoms with Crippen LogP contribution in [0.5, 0.6) is 0 Å². The van der Waals surface area contributed by atoms with E-state index < -0.39 is 0 Å². The Bertz CT molecular complexity index is 915. The average Bonchev–Trinajstić information content (AvgIpc) is 3.34. The molecule has 2 aliphatic heterocycles. The van der Waals surface area contributed by atoms with Crippen LogP contribution < -0.4 is 21.0 Å². The van der Waals surface area contributed by atoms with Gasteiger partial charge in [-0.1, -0.05) is 18.2 Å². The number of hydrogen-bond donors (Lipinski definition) is 2. The van der Waals surface area contributed by atoms with Crippen LogP contribution in [-0.2, 0) is 0 Å². The van der Waals surface area contributed by atoms with Crippen molar-refractivity contribution in [2.24, 2.45) is 0 Å². The molecule has 0 radical (unpaired) electrons. The van der Waals surface area contributed by atoms with E-state index in [9.17, 15) is 4.79 Å². The van der Waals surface area contributed by atoms with Gasteiger partial charge < -0.3 is 20.4 Å². The van der Waals surface area contributed by atoms with E-state index in [-0.39, 0.29) is 6.03 Å². The molecule has 1 fully saturated rings. The Hall–Kier alpha value is -3.03. The van der Waals surface area contributed by atoms with Gasteiger partial charge in [0.2, 0.25) is 5.95 Å². The molecule has 0 aliphatic carbocycles. The van der Waals surface area contributed by atoms with Gasteiger partial charge in [-0.25, -0.2) is 9.78 Å². The molecule has 8 heteroatoms. The van der Waals surface area contributed by atoms with Crippen molar-refractivity contribution in [2.75, 3.05) is 28.6 Å². The standard InChI is InChI=1S/C21H27BN6O/c1-14-8-9-15(2)28(14)19-18(22)13-23-20(26-19)24-16-6-5-7-17(12-16)25-21(29)27-10-3-4-11-27/h5-9,12-15H,3-4,10-11,22H2,1-2H3,(H,25,29)(H,23,24,26). The van der Waals surface area contributed by atoms with Crippen LogP contribution in [0.1, 0.15) is 26.7 Å². The fourth-order valence-corrected chi connectivity index (χ4v) is 3.94. The van der Waals surface area contributed by atoms with Crippen molar-refractivity contribution in [1.29, 1.82) is 0 Å². The first-order chi connectivity index (χ1) is 14.0. The van der Waals surface area contributed by atoms with Gasteiger partial charge >= 0.3 is 6.03 Å². The van der Waals surface area contributed by atoms with Gasteiger partial charge in [0.25, 0.3) is 0 Å². The average molecular weight is 390 g/mol. The van der Waals surface area contributed by atoms with E-state index in [1.807, 2.05) is 43.2 Å². The second-order valence-electron chi connectivity index (χ2n) is 7.80. The van der Waals surface area contributed by atoms with Crippen molar-refractivity contribution >= 4 is 42.5 Å². The van der Waals surface area contributed by atoms with Crippen molar-refractivity contribution in [3.8, 4) is 0 Å². The summed E-state index contributed by atoms with van der Waals surface area (Å²) < 4.78 is 0. The Labute approximate surface area is 172 Å². The summed E-state index contributed by atoms with van der Waals surface area (Å²) in [6.07, 6.45) is 8.40. The smallest absolute Gasteiger partial charge is 0.321 e. The van der Waals surface area contributed by atoms with Gasteiger partial charge in [-0.05, 0) is 50.4 Å². The summed E-state index contributed by atoms with van der Waals surface area (Å²) in [5.41, 5.74) is 2.63. The molecule has 1 saturated heterocycles. The highest BCUT2D eigenvalue weighted by Gasteiger charge is 2.25. The fraction of sp³-hybridized carbons (Fsp3) is 0.381. The van der Waals surface area contributed by atoms with Gasteiger partial charge in [-0.3, -0.25) is 0 Å². The van der Waals surface area contributed by atoms with E-state index in [2.05, 4.69) is 46.5 Å². The molecule has 7 nitrogen and oxygen atoms in total. The zero-order valence-corrected chi connectivity index (χ0v) is 17.2. The third-order valence-electron chi connectivity index (χ3n) is 5.50. The topological polar surface area (TPSA) is 73.4 Å². The van der Waals surface area contributed by atoms with Gasteiger partial charge in [0.15, 0.2) is 0 Å². The molecule has 1 aromatic heterocycles. The molecule has 0 bridgehead atoms. The van der Waals surface area contributed by atoms with Crippen LogP contribution in [0, 0.1) is 0 Å². The Kier molecular flexibility index (Phi) is 5.42. The zero-order valence-electron chi connectivity index (χ0n) is 17.2. The normalized spacial score (nSPS) is 20.9. The van der Waals surface area contributed by atoms with Gasteiger partial charge in [0.05, 0.1) is 0 Å². The molecule has 0 spiro atoms. The van der Waals surface area contributed by atoms with E-state index >= 15 is 0 Å². The summed E-state index contributed by atoms with van der Waals surface area (Å²) >= 11 is 0. The number of hydrogen-bond acceptors (Lipinski definition) is 5. The minimum atomic E-state index is -0.0435. The monoisotopic (exact) mass is 390 g/mol. The number of carbonyl (C=O) groups excluding carboxylic acids is 1. The first kappa shape index (κ1) is 19.3. The number of likely N-dealkylation sites (tertiary alicyclic amines) is 1. The van der Waals surface area contributed by atoms with Crippen LogP contribution in [0.2, 0.25) is 0 Å². The molecule has 0 saturated carbocycles. The molecule has 2 N–H and O–H groups in total. The summed E-state index contributed by atoms with van der Waals surface area (Å²) in [6, 6.07) is 8.20. The molecule has 2 unspecified atom stereocenters. The van der Waals surface area contributed by atoms with Gasteiger partial charge in [-0.2, -0.15) is 4.98 Å². The summed E-state index contributed by atoms with van der Waals surface area (Å²) in [5, 5.41) is 6.25. The number of nitrogens with zero attached hydrogens (tertiary/aromatic N) is 4. The molecule has 29 heavy (non-hydrogen) atoms. The van der Waals surface area contributed by atoms with Gasteiger partial charge in [0.1, 0.15) is 13.7 Å². The van der Waals surface area contributed by atoms with Gasteiger partial charge in [0, 0.05) is 42.7 Å². The fourth-order valence-electron chi connectivity index (χ4n) is 3.94. The molecular formula is C21H27BN6O. The third kappa shape index (κ3) is 4.21. The van der Waals surface area contributed by atoms with E-state index in [4.69, 9.17) is 4.98 Å². The number of benzene rings is 1. The number of anilines is 4. The lowest BCUT2D eigenvalue weighted by Crippen LogP contribution is -2.38. The number of nitrogens with one attached hydrogen (secondary N) is 2. The summed E-state index contributed by atoms with van der Waals surface area (Å²) in [7, 11) is 2.03. The largest absolute Gasteiger partial charge is 0.345 e. The van der Waals surface area contributed by atoms with Crippen molar-refractivity contribution in [2.45, 2.75) is 38.8 Å². The van der Waals surface area contributed by atoms with Crippen LogP contribution in [0.4, 0.5) is 27.9 Å². The van der Waals surface area contributed by atoms with E-state index in [1.54, 1.807) is 0 Å². The molecule has 2 amide bonds. The highest BCUT2D eigenvalue weighted by Crippen LogP contribution is 2.24. The number of urea groups is 1. The van der Waals surface area contributed by atoms with Crippen LogP contribution >= 0.6 is 0 Å². The number of carbonyl (C=O) groups is 1. The third-order valence-corrected chi connectivity index (χ3v) is 5.50. The SMILES string of the molecule is Bc1cnc(Nc2cccc(NC(=O)N3CCCC3)c2)nc1N1C(C)C=CC1C. The number of aromatic nitrogens is 2. The Morgan fingerprint density at radius 2 is 1.83 bits per heavy atom. The minimum Gasteiger partial charge on any atom is -0.345 e. The molecule has 2 aromatic rings. The quantitative estimate of drug-likeness (QED) is 0.619. The lowest BCUT2D eigenvalue weighted by Gasteiger charge is -2.29. The number of rotatable bonds is 4. The Morgan fingerprint density at radius 3 is 2.55 bits per heavy atom. The van der Waals surface area contributed by atoms with E-state index in [0.717, 1.165) is 48.6 Å². The van der Waals surface area contributed by atoms with Crippen molar-refractivity contribution in [3.05, 3.63) is 42.6 Å². The first-order valence-electron chi connectivity index (χ1n) is 10.2. The summed E-state index contributed by atoms with van der Waals surface area (Å²) in [5.74, 6) is 1.48. The lowest BCUT2D eigenvalue weighted by atomic mass is 9.98. The second kappa shape index (κ2) is 8.15.